The van der Waals surface area contributed by atoms with Crippen LogP contribution >= 0.6 is 0 Å². The van der Waals surface area contributed by atoms with Gasteiger partial charge in [-0.2, -0.15) is 4.31 Å². The number of benzene rings is 3. The summed E-state index contributed by atoms with van der Waals surface area (Å²) in [5.41, 5.74) is 2.60. The van der Waals surface area contributed by atoms with Crippen LogP contribution in [0.4, 0.5) is 0 Å². The van der Waals surface area contributed by atoms with Gasteiger partial charge in [0.25, 0.3) is 5.56 Å². The average molecular weight is 478 g/mol. The third kappa shape index (κ3) is 4.10. The van der Waals surface area contributed by atoms with E-state index in [0.717, 1.165) is 11.1 Å². The van der Waals surface area contributed by atoms with E-state index in [-0.39, 0.29) is 10.5 Å². The van der Waals surface area contributed by atoms with Crippen molar-refractivity contribution in [1.82, 2.24) is 13.9 Å². The number of methoxy groups -OCH3 is 1. The normalized spacial score (nSPS) is 12.8. The molecule has 0 radical (unpaired) electrons. The van der Waals surface area contributed by atoms with Gasteiger partial charge in [0, 0.05) is 7.05 Å². The van der Waals surface area contributed by atoms with Crippen molar-refractivity contribution in [1.29, 1.82) is 0 Å². The Kier molecular flexibility index (Phi) is 6.29. The number of para-hydroxylation sites is 1. The highest BCUT2D eigenvalue weighted by atomic mass is 32.2. The summed E-state index contributed by atoms with van der Waals surface area (Å²) in [7, 11) is -0.814. The minimum absolute atomic E-state index is 0.176. The lowest BCUT2D eigenvalue weighted by Crippen LogP contribution is -2.35. The Labute approximate surface area is 199 Å². The zero-order valence-electron chi connectivity index (χ0n) is 19.8. The van der Waals surface area contributed by atoms with E-state index >= 15 is 0 Å². The molecule has 176 valence electrons. The third-order valence-electron chi connectivity index (χ3n) is 5.99. The van der Waals surface area contributed by atoms with E-state index in [2.05, 4.69) is 0 Å². The van der Waals surface area contributed by atoms with Crippen LogP contribution in [0.3, 0.4) is 0 Å². The van der Waals surface area contributed by atoms with Gasteiger partial charge in [-0.1, -0.05) is 35.9 Å². The highest BCUT2D eigenvalue weighted by Gasteiger charge is 2.30. The van der Waals surface area contributed by atoms with Gasteiger partial charge in [-0.05, 0) is 62.7 Å². The highest BCUT2D eigenvalue weighted by Crippen LogP contribution is 2.30. The molecular formula is C26H27N3O4S. The molecule has 0 N–H and O–H groups in total. The van der Waals surface area contributed by atoms with Gasteiger partial charge in [0.1, 0.15) is 11.6 Å². The monoisotopic (exact) mass is 477 g/mol. The topological polar surface area (TPSA) is 81.5 Å². The first kappa shape index (κ1) is 23.7. The number of hydrogen-bond acceptors (Lipinski definition) is 5. The lowest BCUT2D eigenvalue weighted by molar-refractivity contribution is 0.376. The van der Waals surface area contributed by atoms with E-state index in [1.165, 1.54) is 23.0 Å². The van der Waals surface area contributed by atoms with Crippen LogP contribution < -0.4 is 10.3 Å². The van der Waals surface area contributed by atoms with Gasteiger partial charge < -0.3 is 4.74 Å². The molecule has 0 aliphatic heterocycles. The van der Waals surface area contributed by atoms with Crippen LogP contribution in [0.2, 0.25) is 0 Å². The molecule has 1 atom stereocenters. The lowest BCUT2D eigenvalue weighted by atomic mass is 10.1. The Morgan fingerprint density at radius 3 is 2.29 bits per heavy atom. The van der Waals surface area contributed by atoms with E-state index in [0.29, 0.717) is 28.2 Å². The number of sulfonamides is 1. The van der Waals surface area contributed by atoms with E-state index in [1.54, 1.807) is 61.5 Å². The summed E-state index contributed by atoms with van der Waals surface area (Å²) in [6.07, 6.45) is 0. The zero-order chi connectivity index (χ0) is 24.6. The third-order valence-corrected chi connectivity index (χ3v) is 7.94. The molecular weight excluding hydrogens is 450 g/mol. The average Bonchev–Trinajstić information content (AvgIpc) is 2.83. The van der Waals surface area contributed by atoms with Crippen molar-refractivity contribution < 1.29 is 13.2 Å². The van der Waals surface area contributed by atoms with Crippen molar-refractivity contribution in [3.63, 3.8) is 0 Å². The van der Waals surface area contributed by atoms with Gasteiger partial charge in [-0.25, -0.2) is 13.4 Å². The van der Waals surface area contributed by atoms with Crippen LogP contribution in [-0.2, 0) is 10.0 Å². The second-order valence-corrected chi connectivity index (χ2v) is 10.3. The molecule has 1 aromatic heterocycles. The maximum atomic E-state index is 13.7. The van der Waals surface area contributed by atoms with Gasteiger partial charge in [0.2, 0.25) is 10.0 Å². The maximum absolute atomic E-state index is 13.7. The summed E-state index contributed by atoms with van der Waals surface area (Å²) in [5.74, 6) is 0.785. The molecule has 34 heavy (non-hydrogen) atoms. The molecule has 0 fully saturated rings. The number of fused-ring (bicyclic) bond motifs is 1. The van der Waals surface area contributed by atoms with Crippen molar-refractivity contribution in [2.75, 3.05) is 14.2 Å². The molecule has 4 aromatic rings. The molecule has 4 rings (SSSR count). The zero-order valence-corrected chi connectivity index (χ0v) is 20.6. The molecule has 8 heteroatoms. The number of ether oxygens (including phenoxy) is 1. The first-order chi connectivity index (χ1) is 16.1. The van der Waals surface area contributed by atoms with Crippen molar-refractivity contribution in [3.05, 3.63) is 94.0 Å². The Balaban J connectivity index is 1.96. The first-order valence-electron chi connectivity index (χ1n) is 10.9. The van der Waals surface area contributed by atoms with Gasteiger partial charge in [-0.15, -0.1) is 0 Å². The summed E-state index contributed by atoms with van der Waals surface area (Å²) in [4.78, 5) is 18.7. The fraction of sp³-hybridized carbons (Fsp3) is 0.231. The molecule has 7 nitrogen and oxygen atoms in total. The van der Waals surface area contributed by atoms with Crippen LogP contribution in [-0.4, -0.2) is 36.4 Å². The summed E-state index contributed by atoms with van der Waals surface area (Å²) in [6.45, 7) is 5.54. The minimum Gasteiger partial charge on any atom is -0.495 e. The summed E-state index contributed by atoms with van der Waals surface area (Å²) in [5, 5.41) is 0.436. The van der Waals surface area contributed by atoms with Crippen molar-refractivity contribution in [2.24, 2.45) is 0 Å². The Hall–Kier alpha value is -3.49. The van der Waals surface area contributed by atoms with Crippen LogP contribution in [0.5, 0.6) is 5.75 Å². The SMILES string of the molecule is COc1ccc(C)cc1-n1c(C(C)N(C)S(=O)(=O)c2ccc(C)cc2)nc2ccccc2c1=O. The number of aryl methyl sites for hydroxylation is 2. The van der Waals surface area contributed by atoms with E-state index in [1.807, 2.05) is 26.0 Å². The van der Waals surface area contributed by atoms with Gasteiger partial charge >= 0.3 is 0 Å². The van der Waals surface area contributed by atoms with E-state index in [9.17, 15) is 13.2 Å². The quantitative estimate of drug-likeness (QED) is 0.411. The van der Waals surface area contributed by atoms with E-state index in [4.69, 9.17) is 9.72 Å². The van der Waals surface area contributed by atoms with Crippen molar-refractivity contribution in [3.8, 4) is 11.4 Å². The Bertz CT molecular complexity index is 1530. The second-order valence-electron chi connectivity index (χ2n) is 8.31. The van der Waals surface area contributed by atoms with Crippen molar-refractivity contribution >= 4 is 20.9 Å². The fourth-order valence-corrected chi connectivity index (χ4v) is 5.21. The number of nitrogens with zero attached hydrogens (tertiary/aromatic N) is 3. The molecule has 0 saturated carbocycles. The largest absolute Gasteiger partial charge is 0.495 e. The minimum atomic E-state index is -3.85. The second kappa shape index (κ2) is 9.04. The van der Waals surface area contributed by atoms with Crippen LogP contribution in [0.15, 0.2) is 76.4 Å². The predicted molar refractivity (Wildman–Crippen MR) is 133 cm³/mol. The summed E-state index contributed by atoms with van der Waals surface area (Å²) < 4.78 is 35.1. The van der Waals surface area contributed by atoms with Gasteiger partial charge in [0.05, 0.1) is 34.6 Å². The predicted octanol–water partition coefficient (Wildman–Crippen LogP) is 4.39. The molecule has 0 spiro atoms. The maximum Gasteiger partial charge on any atom is 0.266 e. The van der Waals surface area contributed by atoms with Crippen LogP contribution in [0.1, 0.15) is 29.9 Å². The molecule has 0 aliphatic rings. The fourth-order valence-electron chi connectivity index (χ4n) is 3.88. The standard InChI is InChI=1S/C26H27N3O4S/c1-17-10-13-20(14-11-17)34(31,32)28(4)19(3)25-27-22-9-7-6-8-21(22)26(30)29(25)23-16-18(2)12-15-24(23)33-5/h6-16,19H,1-5H3. The summed E-state index contributed by atoms with van der Waals surface area (Å²) >= 11 is 0. The van der Waals surface area contributed by atoms with Gasteiger partial charge in [-0.3, -0.25) is 9.36 Å². The first-order valence-corrected chi connectivity index (χ1v) is 12.3. The van der Waals surface area contributed by atoms with Crippen LogP contribution in [0.25, 0.3) is 16.6 Å². The smallest absolute Gasteiger partial charge is 0.266 e. The molecule has 0 saturated heterocycles. The highest BCUT2D eigenvalue weighted by molar-refractivity contribution is 7.89. The molecule has 1 heterocycles. The van der Waals surface area contributed by atoms with E-state index < -0.39 is 16.1 Å². The molecule has 0 amide bonds. The number of aromatic nitrogens is 2. The molecule has 1 unspecified atom stereocenters. The van der Waals surface area contributed by atoms with Gasteiger partial charge in [0.15, 0.2) is 0 Å². The molecule has 0 aliphatic carbocycles. The number of hydrogen-bond donors (Lipinski definition) is 0. The lowest BCUT2D eigenvalue weighted by Gasteiger charge is -2.27. The Morgan fingerprint density at radius 1 is 0.971 bits per heavy atom. The van der Waals surface area contributed by atoms with Crippen LogP contribution in [0, 0.1) is 13.8 Å². The van der Waals surface area contributed by atoms with Crippen molar-refractivity contribution in [2.45, 2.75) is 31.7 Å². The molecule has 3 aromatic carbocycles. The number of rotatable bonds is 6. The molecule has 0 bridgehead atoms. The summed E-state index contributed by atoms with van der Waals surface area (Å²) in [6, 6.07) is 18.5. The Morgan fingerprint density at radius 2 is 1.62 bits per heavy atom.